The number of aromatic nitrogens is 3. The molecule has 1 N–H and O–H groups in total. The number of fused-ring (bicyclic) bond motifs is 2. The maximum atomic E-state index is 12.8. The number of aryl methyl sites for hydroxylation is 2. The third-order valence-electron chi connectivity index (χ3n) is 5.64. The maximum absolute atomic E-state index is 12.8. The summed E-state index contributed by atoms with van der Waals surface area (Å²) in [5.41, 5.74) is 4.81. The molecule has 0 bridgehead atoms. The summed E-state index contributed by atoms with van der Waals surface area (Å²) in [4.78, 5) is 24.2. The highest BCUT2D eigenvalue weighted by Crippen LogP contribution is 2.26. The van der Waals surface area contributed by atoms with Gasteiger partial charge in [-0.05, 0) is 45.9 Å². The number of nitrogens with one attached hydrogen (secondary N) is 1. The van der Waals surface area contributed by atoms with Gasteiger partial charge in [-0.3, -0.25) is 4.98 Å². The van der Waals surface area contributed by atoms with Gasteiger partial charge < -0.3 is 19.0 Å². The molecule has 0 amide bonds. The van der Waals surface area contributed by atoms with E-state index in [1.54, 1.807) is 0 Å². The van der Waals surface area contributed by atoms with E-state index in [1.165, 1.54) is 0 Å². The second-order valence-electron chi connectivity index (χ2n) is 8.37. The lowest BCUT2D eigenvalue weighted by Gasteiger charge is -2.37. The molecular formula is C23H25N5O2. The fraction of sp³-hybridized carbons (Fsp3) is 0.348. The Hall–Kier alpha value is -3.19. The lowest BCUT2D eigenvalue weighted by Crippen LogP contribution is -2.54. The minimum Gasteiger partial charge on any atom is -0.422 e. The first kappa shape index (κ1) is 18.8. The normalized spacial score (nSPS) is 19.7. The van der Waals surface area contributed by atoms with Gasteiger partial charge in [-0.1, -0.05) is 0 Å². The Kier molecular flexibility index (Phi) is 4.36. The van der Waals surface area contributed by atoms with Crippen LogP contribution in [0.1, 0.15) is 25.2 Å². The number of hydrogen-bond donors (Lipinski definition) is 1. The van der Waals surface area contributed by atoms with Crippen LogP contribution in [0.4, 0.5) is 5.69 Å². The lowest BCUT2D eigenvalue weighted by atomic mass is 10.1. The zero-order valence-electron chi connectivity index (χ0n) is 17.6. The summed E-state index contributed by atoms with van der Waals surface area (Å²) >= 11 is 0. The summed E-state index contributed by atoms with van der Waals surface area (Å²) < 4.78 is 7.63. The van der Waals surface area contributed by atoms with Crippen LogP contribution in [0.15, 0.2) is 45.9 Å². The highest BCUT2D eigenvalue weighted by molar-refractivity contribution is 5.84. The van der Waals surface area contributed by atoms with Crippen molar-refractivity contribution in [2.75, 3.05) is 18.0 Å². The summed E-state index contributed by atoms with van der Waals surface area (Å²) in [6, 6.07) is 8.77. The van der Waals surface area contributed by atoms with Crippen molar-refractivity contribution in [3.8, 4) is 11.3 Å². The highest BCUT2D eigenvalue weighted by atomic mass is 16.4. The SMILES string of the molecule is Cc1cn2cc(-c3cc4ccc(N5CC(C)NC(C)C5)cc4oc3=O)nc2c(C)n1. The van der Waals surface area contributed by atoms with Gasteiger partial charge >= 0.3 is 5.63 Å². The second-order valence-corrected chi connectivity index (χ2v) is 8.37. The average molecular weight is 403 g/mol. The Morgan fingerprint density at radius 2 is 1.83 bits per heavy atom. The van der Waals surface area contributed by atoms with Crippen LogP contribution in [-0.4, -0.2) is 39.5 Å². The smallest absolute Gasteiger partial charge is 0.345 e. The van der Waals surface area contributed by atoms with Crippen molar-refractivity contribution in [3.05, 3.63) is 58.5 Å². The van der Waals surface area contributed by atoms with Crippen molar-refractivity contribution in [1.29, 1.82) is 0 Å². The number of piperazine rings is 1. The first-order valence-electron chi connectivity index (χ1n) is 10.3. The van der Waals surface area contributed by atoms with Crippen LogP contribution < -0.4 is 15.8 Å². The van der Waals surface area contributed by atoms with Crippen molar-refractivity contribution in [2.45, 2.75) is 39.8 Å². The van der Waals surface area contributed by atoms with Gasteiger partial charge in [-0.25, -0.2) is 9.78 Å². The average Bonchev–Trinajstić information content (AvgIpc) is 3.10. The van der Waals surface area contributed by atoms with Gasteiger partial charge in [0.15, 0.2) is 5.65 Å². The van der Waals surface area contributed by atoms with Crippen LogP contribution in [-0.2, 0) is 0 Å². The minimum atomic E-state index is -0.382. The van der Waals surface area contributed by atoms with Gasteiger partial charge in [-0.2, -0.15) is 0 Å². The molecule has 0 radical (unpaired) electrons. The predicted molar refractivity (Wildman–Crippen MR) is 118 cm³/mol. The molecule has 7 heteroatoms. The van der Waals surface area contributed by atoms with Crippen LogP contribution >= 0.6 is 0 Å². The Bertz CT molecular complexity index is 1310. The largest absolute Gasteiger partial charge is 0.422 e. The molecule has 0 spiro atoms. The number of rotatable bonds is 2. The molecule has 4 aromatic rings. The van der Waals surface area contributed by atoms with Gasteiger partial charge in [0.1, 0.15) is 5.58 Å². The number of nitrogens with zero attached hydrogens (tertiary/aromatic N) is 4. The Labute approximate surface area is 174 Å². The van der Waals surface area contributed by atoms with Gasteiger partial charge in [0.05, 0.1) is 22.6 Å². The summed E-state index contributed by atoms with van der Waals surface area (Å²) in [5.74, 6) is 0. The van der Waals surface area contributed by atoms with Crippen molar-refractivity contribution in [3.63, 3.8) is 0 Å². The first-order valence-corrected chi connectivity index (χ1v) is 10.3. The number of imidazole rings is 1. The molecule has 1 aliphatic rings. The van der Waals surface area contributed by atoms with E-state index in [4.69, 9.17) is 4.42 Å². The van der Waals surface area contributed by atoms with Gasteiger partial charge in [0.2, 0.25) is 0 Å². The summed E-state index contributed by atoms with van der Waals surface area (Å²) in [7, 11) is 0. The molecule has 1 aromatic carbocycles. The van der Waals surface area contributed by atoms with E-state index < -0.39 is 0 Å². The van der Waals surface area contributed by atoms with E-state index in [-0.39, 0.29) is 5.63 Å². The zero-order chi connectivity index (χ0) is 21.0. The standard InChI is InChI=1S/C23H25N5O2/c1-13-9-27(10-14(2)24-13)18-6-5-17-7-19(23(29)30-21(17)8-18)20-12-28-11-15(3)25-16(4)22(28)26-20/h5-8,11-14,24H,9-10H2,1-4H3. The Morgan fingerprint density at radius 3 is 2.60 bits per heavy atom. The molecule has 2 atom stereocenters. The zero-order valence-corrected chi connectivity index (χ0v) is 17.6. The van der Waals surface area contributed by atoms with E-state index in [9.17, 15) is 4.79 Å². The first-order chi connectivity index (χ1) is 14.4. The fourth-order valence-electron chi connectivity index (χ4n) is 4.45. The van der Waals surface area contributed by atoms with E-state index in [1.807, 2.05) is 48.8 Å². The third kappa shape index (κ3) is 3.25. The molecule has 1 fully saturated rings. The number of benzene rings is 1. The van der Waals surface area contributed by atoms with Crippen molar-refractivity contribution >= 4 is 22.3 Å². The molecule has 1 saturated heterocycles. The molecule has 7 nitrogen and oxygen atoms in total. The van der Waals surface area contributed by atoms with Crippen LogP contribution in [0.2, 0.25) is 0 Å². The van der Waals surface area contributed by atoms with Crippen LogP contribution in [0, 0.1) is 13.8 Å². The second kappa shape index (κ2) is 6.95. The van der Waals surface area contributed by atoms with Gasteiger partial charge in [0.25, 0.3) is 0 Å². The molecule has 0 aliphatic carbocycles. The van der Waals surface area contributed by atoms with Crippen molar-refractivity contribution in [2.24, 2.45) is 0 Å². The lowest BCUT2D eigenvalue weighted by molar-refractivity contribution is 0.407. The van der Waals surface area contributed by atoms with E-state index in [0.717, 1.165) is 41.2 Å². The van der Waals surface area contributed by atoms with Crippen LogP contribution in [0.25, 0.3) is 27.9 Å². The molecule has 30 heavy (non-hydrogen) atoms. The van der Waals surface area contributed by atoms with Crippen LogP contribution in [0.3, 0.4) is 0 Å². The molecule has 1 aliphatic heterocycles. The molecule has 3 aromatic heterocycles. The topological polar surface area (TPSA) is 75.7 Å². The fourth-order valence-corrected chi connectivity index (χ4v) is 4.45. The summed E-state index contributed by atoms with van der Waals surface area (Å²) in [6.07, 6.45) is 3.76. The van der Waals surface area contributed by atoms with Gasteiger partial charge in [0, 0.05) is 54.7 Å². The van der Waals surface area contributed by atoms with E-state index >= 15 is 0 Å². The van der Waals surface area contributed by atoms with E-state index in [2.05, 4.69) is 40.1 Å². The highest BCUT2D eigenvalue weighted by Gasteiger charge is 2.22. The number of hydrogen-bond acceptors (Lipinski definition) is 6. The minimum absolute atomic E-state index is 0.382. The molecular weight excluding hydrogens is 378 g/mol. The quantitative estimate of drug-likeness (QED) is 0.518. The molecule has 5 rings (SSSR count). The van der Waals surface area contributed by atoms with Crippen molar-refractivity contribution < 1.29 is 4.42 Å². The maximum Gasteiger partial charge on any atom is 0.345 e. The Morgan fingerprint density at radius 1 is 1.07 bits per heavy atom. The third-order valence-corrected chi connectivity index (χ3v) is 5.64. The van der Waals surface area contributed by atoms with Crippen LogP contribution in [0.5, 0.6) is 0 Å². The molecule has 154 valence electrons. The summed E-state index contributed by atoms with van der Waals surface area (Å²) in [5, 5.41) is 4.42. The molecule has 0 saturated carbocycles. The van der Waals surface area contributed by atoms with E-state index in [0.29, 0.717) is 28.9 Å². The molecule has 2 unspecified atom stereocenters. The predicted octanol–water partition coefficient (Wildman–Crippen LogP) is 3.31. The monoisotopic (exact) mass is 403 g/mol. The molecule has 4 heterocycles. The number of anilines is 1. The Balaban J connectivity index is 1.56. The van der Waals surface area contributed by atoms with Crippen molar-refractivity contribution in [1.82, 2.24) is 19.7 Å². The summed E-state index contributed by atoms with van der Waals surface area (Å²) in [6.45, 7) is 10.1. The van der Waals surface area contributed by atoms with Gasteiger partial charge in [-0.15, -0.1) is 0 Å².